The standard InChI is InChI=1S/C14H19ClN4O4/c1-9(2)23-14(20)18-5-3-10(4-6-18)17-13-12(15)7-11(8-16-13)19(21)22/h7-10H,3-6H2,1-2H3,(H,16,17). The monoisotopic (exact) mass is 342 g/mol. The van der Waals surface area contributed by atoms with Gasteiger partial charge < -0.3 is 15.0 Å². The van der Waals surface area contributed by atoms with Crippen LogP contribution in [0.25, 0.3) is 0 Å². The van der Waals surface area contributed by atoms with Gasteiger partial charge in [-0.2, -0.15) is 0 Å². The quantitative estimate of drug-likeness (QED) is 0.667. The summed E-state index contributed by atoms with van der Waals surface area (Å²) < 4.78 is 5.17. The molecule has 1 amide bonds. The number of ether oxygens (including phenoxy) is 1. The summed E-state index contributed by atoms with van der Waals surface area (Å²) in [6.45, 7) is 4.78. The molecule has 0 bridgehead atoms. The van der Waals surface area contributed by atoms with Crippen LogP contribution in [-0.4, -0.2) is 46.1 Å². The maximum absolute atomic E-state index is 11.8. The van der Waals surface area contributed by atoms with Crippen LogP contribution in [0.3, 0.4) is 0 Å². The number of nitrogens with zero attached hydrogens (tertiary/aromatic N) is 3. The number of carbonyl (C=O) groups is 1. The fraction of sp³-hybridized carbons (Fsp3) is 0.571. The van der Waals surface area contributed by atoms with Crippen LogP contribution in [0.5, 0.6) is 0 Å². The lowest BCUT2D eigenvalue weighted by atomic mass is 10.1. The minimum absolute atomic E-state index is 0.101. The Labute approximate surface area is 138 Å². The van der Waals surface area contributed by atoms with Crippen LogP contribution in [0.1, 0.15) is 26.7 Å². The van der Waals surface area contributed by atoms with Crippen molar-refractivity contribution in [2.75, 3.05) is 18.4 Å². The number of piperidine rings is 1. The van der Waals surface area contributed by atoms with E-state index in [1.54, 1.807) is 4.90 Å². The van der Waals surface area contributed by atoms with E-state index < -0.39 is 4.92 Å². The lowest BCUT2D eigenvalue weighted by molar-refractivity contribution is -0.385. The zero-order chi connectivity index (χ0) is 17.0. The molecule has 2 rings (SSSR count). The third-order valence-electron chi connectivity index (χ3n) is 3.47. The summed E-state index contributed by atoms with van der Waals surface area (Å²) in [7, 11) is 0. The number of nitro groups is 1. The summed E-state index contributed by atoms with van der Waals surface area (Å²) in [5.41, 5.74) is -0.146. The fourth-order valence-electron chi connectivity index (χ4n) is 2.31. The molecule has 2 heterocycles. The van der Waals surface area contributed by atoms with Crippen molar-refractivity contribution in [3.63, 3.8) is 0 Å². The van der Waals surface area contributed by atoms with Gasteiger partial charge in [-0.15, -0.1) is 0 Å². The third-order valence-corrected chi connectivity index (χ3v) is 3.76. The molecule has 1 aromatic rings. The molecule has 0 aromatic carbocycles. The molecule has 23 heavy (non-hydrogen) atoms. The SMILES string of the molecule is CC(C)OC(=O)N1CCC(Nc2ncc([N+](=O)[O-])cc2Cl)CC1. The van der Waals surface area contributed by atoms with Crippen LogP contribution in [0.15, 0.2) is 12.3 Å². The summed E-state index contributed by atoms with van der Waals surface area (Å²) in [5, 5.41) is 14.0. The van der Waals surface area contributed by atoms with Gasteiger partial charge in [0.15, 0.2) is 0 Å². The van der Waals surface area contributed by atoms with Crippen molar-refractivity contribution in [2.24, 2.45) is 0 Å². The van der Waals surface area contributed by atoms with E-state index in [0.29, 0.717) is 18.9 Å². The van der Waals surface area contributed by atoms with Crippen molar-refractivity contribution in [2.45, 2.75) is 38.8 Å². The lowest BCUT2D eigenvalue weighted by Gasteiger charge is -2.32. The van der Waals surface area contributed by atoms with Crippen molar-refractivity contribution < 1.29 is 14.5 Å². The number of nitrogens with one attached hydrogen (secondary N) is 1. The average molecular weight is 343 g/mol. The van der Waals surface area contributed by atoms with E-state index >= 15 is 0 Å². The number of rotatable bonds is 4. The summed E-state index contributed by atoms with van der Waals surface area (Å²) in [5.74, 6) is 0.417. The van der Waals surface area contributed by atoms with E-state index in [-0.39, 0.29) is 28.9 Å². The molecule has 0 atom stereocenters. The Morgan fingerprint density at radius 1 is 1.52 bits per heavy atom. The summed E-state index contributed by atoms with van der Waals surface area (Å²) in [6.07, 6.45) is 2.18. The molecule has 0 aliphatic carbocycles. The highest BCUT2D eigenvalue weighted by molar-refractivity contribution is 6.33. The van der Waals surface area contributed by atoms with E-state index in [9.17, 15) is 14.9 Å². The molecule has 0 saturated carbocycles. The van der Waals surface area contributed by atoms with Crippen LogP contribution < -0.4 is 5.32 Å². The number of carbonyl (C=O) groups excluding carboxylic acids is 1. The molecular weight excluding hydrogens is 324 g/mol. The number of hydrogen-bond acceptors (Lipinski definition) is 6. The Hall–Kier alpha value is -2.09. The summed E-state index contributed by atoms with van der Waals surface area (Å²) >= 11 is 6.02. The minimum atomic E-state index is -0.540. The van der Waals surface area contributed by atoms with Gasteiger partial charge in [-0.25, -0.2) is 9.78 Å². The summed E-state index contributed by atoms with van der Waals surface area (Å²) in [6, 6.07) is 1.37. The van der Waals surface area contributed by atoms with Crippen LogP contribution >= 0.6 is 11.6 Å². The largest absolute Gasteiger partial charge is 0.447 e. The van der Waals surface area contributed by atoms with E-state index in [1.807, 2.05) is 13.8 Å². The first-order chi connectivity index (χ1) is 10.9. The zero-order valence-electron chi connectivity index (χ0n) is 13.0. The highest BCUT2D eigenvalue weighted by Gasteiger charge is 2.25. The second kappa shape index (κ2) is 7.45. The van der Waals surface area contributed by atoms with Gasteiger partial charge in [0.2, 0.25) is 0 Å². The van der Waals surface area contributed by atoms with Crippen molar-refractivity contribution in [3.05, 3.63) is 27.4 Å². The van der Waals surface area contributed by atoms with Gasteiger partial charge in [-0.1, -0.05) is 11.6 Å². The smallest absolute Gasteiger partial charge is 0.410 e. The van der Waals surface area contributed by atoms with Gasteiger partial charge in [0.1, 0.15) is 12.0 Å². The fourth-order valence-corrected chi connectivity index (χ4v) is 2.52. The van der Waals surface area contributed by atoms with Crippen LogP contribution in [0.4, 0.5) is 16.3 Å². The normalized spacial score (nSPS) is 15.6. The predicted octanol–water partition coefficient (Wildman–Crippen LogP) is 3.06. The Morgan fingerprint density at radius 3 is 2.70 bits per heavy atom. The Bertz CT molecular complexity index is 588. The van der Waals surface area contributed by atoms with Gasteiger partial charge in [-0.3, -0.25) is 10.1 Å². The number of pyridine rings is 1. The van der Waals surface area contributed by atoms with E-state index in [4.69, 9.17) is 16.3 Å². The van der Waals surface area contributed by atoms with Gasteiger partial charge in [0.05, 0.1) is 16.0 Å². The third kappa shape index (κ3) is 4.69. The molecule has 0 unspecified atom stereocenters. The van der Waals surface area contributed by atoms with Gasteiger partial charge in [-0.05, 0) is 26.7 Å². The molecule has 1 aliphatic heterocycles. The molecule has 1 saturated heterocycles. The van der Waals surface area contributed by atoms with Gasteiger partial charge in [0, 0.05) is 25.2 Å². The van der Waals surface area contributed by atoms with Crippen LogP contribution in [-0.2, 0) is 4.74 Å². The molecule has 126 valence electrons. The van der Waals surface area contributed by atoms with Crippen LogP contribution in [0, 0.1) is 10.1 Å². The van der Waals surface area contributed by atoms with E-state index in [0.717, 1.165) is 12.8 Å². The number of aromatic nitrogens is 1. The molecule has 8 nitrogen and oxygen atoms in total. The van der Waals surface area contributed by atoms with Gasteiger partial charge >= 0.3 is 6.09 Å². The average Bonchev–Trinajstić information content (AvgIpc) is 2.49. The number of amides is 1. The van der Waals surface area contributed by atoms with Crippen molar-refractivity contribution >= 4 is 29.2 Å². The van der Waals surface area contributed by atoms with Crippen molar-refractivity contribution in [1.29, 1.82) is 0 Å². The van der Waals surface area contributed by atoms with Crippen molar-refractivity contribution in [1.82, 2.24) is 9.88 Å². The summed E-state index contributed by atoms with van der Waals surface area (Å²) in [4.78, 5) is 27.6. The number of hydrogen-bond donors (Lipinski definition) is 1. The first-order valence-electron chi connectivity index (χ1n) is 7.39. The molecule has 0 radical (unpaired) electrons. The molecule has 1 aliphatic rings. The lowest BCUT2D eigenvalue weighted by Crippen LogP contribution is -2.43. The number of halogens is 1. The van der Waals surface area contributed by atoms with Crippen LogP contribution in [0.2, 0.25) is 5.02 Å². The Morgan fingerprint density at radius 2 is 2.17 bits per heavy atom. The highest BCUT2D eigenvalue weighted by Crippen LogP contribution is 2.26. The Kier molecular flexibility index (Phi) is 5.59. The molecule has 9 heteroatoms. The zero-order valence-corrected chi connectivity index (χ0v) is 13.7. The Balaban J connectivity index is 1.89. The topological polar surface area (TPSA) is 97.6 Å². The molecule has 1 fully saturated rings. The minimum Gasteiger partial charge on any atom is -0.447 e. The van der Waals surface area contributed by atoms with Gasteiger partial charge in [0.25, 0.3) is 5.69 Å². The molecular formula is C14H19ClN4O4. The predicted molar refractivity (Wildman–Crippen MR) is 85.7 cm³/mol. The maximum Gasteiger partial charge on any atom is 0.410 e. The first kappa shape index (κ1) is 17.3. The number of likely N-dealkylation sites (tertiary alicyclic amines) is 1. The van der Waals surface area contributed by atoms with Crippen molar-refractivity contribution in [3.8, 4) is 0 Å². The second-order valence-electron chi connectivity index (χ2n) is 5.62. The maximum atomic E-state index is 11.8. The molecule has 1 aromatic heterocycles. The number of anilines is 1. The molecule has 1 N–H and O–H groups in total. The highest BCUT2D eigenvalue weighted by atomic mass is 35.5. The molecule has 0 spiro atoms. The van der Waals surface area contributed by atoms with E-state index in [2.05, 4.69) is 10.3 Å². The second-order valence-corrected chi connectivity index (χ2v) is 6.03. The first-order valence-corrected chi connectivity index (χ1v) is 7.76. The van der Waals surface area contributed by atoms with E-state index in [1.165, 1.54) is 12.3 Å².